The number of H-pyrrole nitrogens is 1. The van der Waals surface area contributed by atoms with E-state index >= 15 is 0 Å². The number of hydrogen-bond donors (Lipinski definition) is 1. The molecule has 0 aliphatic carbocycles. The highest BCUT2D eigenvalue weighted by Gasteiger charge is 2.09. The van der Waals surface area contributed by atoms with Crippen molar-refractivity contribution in [3.63, 3.8) is 0 Å². The summed E-state index contributed by atoms with van der Waals surface area (Å²) in [6, 6.07) is 23.2. The van der Waals surface area contributed by atoms with Crippen LogP contribution in [-0.2, 0) is 0 Å². The molecular formula is C19H12N2. The first-order valence-electron chi connectivity index (χ1n) is 7.09. The molecule has 1 N–H and O–H groups in total. The highest BCUT2D eigenvalue weighted by atomic mass is 14.8. The second-order valence-electron chi connectivity index (χ2n) is 5.41. The first-order valence-corrected chi connectivity index (χ1v) is 7.09. The number of nitrogens with zero attached hydrogens (tertiary/aromatic N) is 1. The van der Waals surface area contributed by atoms with Crippen molar-refractivity contribution in [3.05, 3.63) is 66.7 Å². The van der Waals surface area contributed by atoms with Crippen LogP contribution in [0.25, 0.3) is 43.6 Å². The van der Waals surface area contributed by atoms with Gasteiger partial charge in [0.05, 0.1) is 16.6 Å². The Hall–Kier alpha value is -2.87. The predicted molar refractivity (Wildman–Crippen MR) is 88.6 cm³/mol. The van der Waals surface area contributed by atoms with Gasteiger partial charge in [-0.3, -0.25) is 0 Å². The summed E-state index contributed by atoms with van der Waals surface area (Å²) in [7, 11) is 0. The van der Waals surface area contributed by atoms with E-state index in [2.05, 4.69) is 65.6 Å². The number of benzene rings is 3. The maximum atomic E-state index is 4.87. The van der Waals surface area contributed by atoms with Gasteiger partial charge in [-0.15, -0.1) is 0 Å². The van der Waals surface area contributed by atoms with Crippen molar-refractivity contribution >= 4 is 43.6 Å². The van der Waals surface area contributed by atoms with Crippen molar-refractivity contribution in [1.82, 2.24) is 9.97 Å². The van der Waals surface area contributed by atoms with Gasteiger partial charge in [0.2, 0.25) is 0 Å². The average Bonchev–Trinajstić information content (AvgIpc) is 2.92. The second kappa shape index (κ2) is 3.83. The molecule has 2 aromatic heterocycles. The van der Waals surface area contributed by atoms with E-state index in [0.29, 0.717) is 0 Å². The van der Waals surface area contributed by atoms with Crippen LogP contribution >= 0.6 is 0 Å². The monoisotopic (exact) mass is 268 g/mol. The molecule has 0 atom stereocenters. The molecule has 0 saturated heterocycles. The third kappa shape index (κ3) is 1.44. The molecule has 0 amide bonds. The van der Waals surface area contributed by atoms with Crippen molar-refractivity contribution in [2.75, 3.05) is 0 Å². The van der Waals surface area contributed by atoms with Crippen LogP contribution in [0, 0.1) is 0 Å². The SMILES string of the molecule is c1ccc2nc3c(ccc4c5ccccc5[nH]c43)cc2c1. The van der Waals surface area contributed by atoms with Crippen LogP contribution < -0.4 is 0 Å². The van der Waals surface area contributed by atoms with Gasteiger partial charge in [0.25, 0.3) is 0 Å². The van der Waals surface area contributed by atoms with Crippen LogP contribution in [0.4, 0.5) is 0 Å². The quantitative estimate of drug-likeness (QED) is 0.392. The highest BCUT2D eigenvalue weighted by molar-refractivity contribution is 6.16. The lowest BCUT2D eigenvalue weighted by Crippen LogP contribution is -1.83. The molecule has 0 saturated carbocycles. The zero-order valence-corrected chi connectivity index (χ0v) is 11.3. The van der Waals surface area contributed by atoms with E-state index in [1.54, 1.807) is 0 Å². The number of rotatable bonds is 0. The summed E-state index contributed by atoms with van der Waals surface area (Å²) in [4.78, 5) is 8.39. The fraction of sp³-hybridized carbons (Fsp3) is 0. The fourth-order valence-corrected chi connectivity index (χ4v) is 3.16. The van der Waals surface area contributed by atoms with Gasteiger partial charge in [-0.05, 0) is 18.2 Å². The Morgan fingerprint density at radius 1 is 0.714 bits per heavy atom. The van der Waals surface area contributed by atoms with Gasteiger partial charge in [0, 0.05) is 27.1 Å². The van der Waals surface area contributed by atoms with Crippen molar-refractivity contribution < 1.29 is 0 Å². The zero-order valence-electron chi connectivity index (χ0n) is 11.3. The lowest BCUT2D eigenvalue weighted by Gasteiger charge is -2.02. The molecule has 0 bridgehead atoms. The van der Waals surface area contributed by atoms with Gasteiger partial charge < -0.3 is 4.98 Å². The molecule has 0 aliphatic rings. The topological polar surface area (TPSA) is 28.7 Å². The summed E-state index contributed by atoms with van der Waals surface area (Å²) in [5.41, 5.74) is 4.37. The normalized spacial score (nSPS) is 11.8. The minimum absolute atomic E-state index is 1.04. The number of nitrogens with one attached hydrogen (secondary N) is 1. The van der Waals surface area contributed by atoms with Crippen LogP contribution in [0.2, 0.25) is 0 Å². The summed E-state index contributed by atoms with van der Waals surface area (Å²) in [6.07, 6.45) is 0. The standard InChI is InChI=1S/C19H12N2/c1-3-7-16-12(5-1)11-13-9-10-15-14-6-2-4-8-17(14)21-19(15)18(13)20-16/h1-11,21H. The largest absolute Gasteiger partial charge is 0.353 e. The molecule has 0 aliphatic heterocycles. The van der Waals surface area contributed by atoms with Gasteiger partial charge in [-0.2, -0.15) is 0 Å². The molecule has 5 rings (SSSR count). The lowest BCUT2D eigenvalue weighted by molar-refractivity contribution is 1.48. The van der Waals surface area contributed by atoms with Gasteiger partial charge in [-0.25, -0.2) is 4.98 Å². The third-order valence-electron chi connectivity index (χ3n) is 4.17. The Morgan fingerprint density at radius 3 is 2.57 bits per heavy atom. The minimum atomic E-state index is 1.04. The van der Waals surface area contributed by atoms with Crippen molar-refractivity contribution in [2.45, 2.75) is 0 Å². The highest BCUT2D eigenvalue weighted by Crippen LogP contribution is 2.31. The Bertz CT molecular complexity index is 1140. The minimum Gasteiger partial charge on any atom is -0.353 e. The molecule has 2 nitrogen and oxygen atoms in total. The van der Waals surface area contributed by atoms with E-state index in [1.165, 1.54) is 21.5 Å². The number of fused-ring (bicyclic) bond motifs is 6. The maximum Gasteiger partial charge on any atom is 0.0950 e. The Kier molecular flexibility index (Phi) is 1.98. The molecule has 0 fully saturated rings. The maximum absolute atomic E-state index is 4.87. The number of pyridine rings is 1. The third-order valence-corrected chi connectivity index (χ3v) is 4.17. The van der Waals surface area contributed by atoms with E-state index in [1.807, 2.05) is 6.07 Å². The summed E-state index contributed by atoms with van der Waals surface area (Å²) in [5.74, 6) is 0. The molecule has 98 valence electrons. The number of aromatic nitrogens is 2. The molecule has 0 spiro atoms. The van der Waals surface area contributed by atoms with Gasteiger partial charge in [0.1, 0.15) is 0 Å². The first-order chi connectivity index (χ1) is 10.4. The first kappa shape index (κ1) is 10.9. The average molecular weight is 268 g/mol. The number of aromatic amines is 1. The van der Waals surface area contributed by atoms with Crippen molar-refractivity contribution in [1.29, 1.82) is 0 Å². The van der Waals surface area contributed by atoms with Crippen LogP contribution in [0.1, 0.15) is 0 Å². The molecule has 5 aromatic rings. The smallest absolute Gasteiger partial charge is 0.0950 e. The van der Waals surface area contributed by atoms with Crippen molar-refractivity contribution in [3.8, 4) is 0 Å². The summed E-state index contributed by atoms with van der Waals surface area (Å²) >= 11 is 0. The van der Waals surface area contributed by atoms with Crippen LogP contribution in [0.3, 0.4) is 0 Å². The fourth-order valence-electron chi connectivity index (χ4n) is 3.16. The molecule has 0 unspecified atom stereocenters. The molecule has 3 aromatic carbocycles. The van der Waals surface area contributed by atoms with E-state index in [0.717, 1.165) is 22.1 Å². The van der Waals surface area contributed by atoms with Crippen molar-refractivity contribution in [2.24, 2.45) is 0 Å². The summed E-state index contributed by atoms with van der Waals surface area (Å²) < 4.78 is 0. The molecule has 0 radical (unpaired) electrons. The van der Waals surface area contributed by atoms with Gasteiger partial charge in [0.15, 0.2) is 0 Å². The zero-order chi connectivity index (χ0) is 13.8. The Morgan fingerprint density at radius 2 is 1.57 bits per heavy atom. The summed E-state index contributed by atoms with van der Waals surface area (Å²) in [6.45, 7) is 0. The molecular weight excluding hydrogens is 256 g/mol. The number of para-hydroxylation sites is 2. The second-order valence-corrected chi connectivity index (χ2v) is 5.41. The van der Waals surface area contributed by atoms with Crippen LogP contribution in [0.5, 0.6) is 0 Å². The van der Waals surface area contributed by atoms with Crippen LogP contribution in [-0.4, -0.2) is 9.97 Å². The predicted octanol–water partition coefficient (Wildman–Crippen LogP) is 5.02. The van der Waals surface area contributed by atoms with E-state index in [9.17, 15) is 0 Å². The lowest BCUT2D eigenvalue weighted by atomic mass is 10.1. The van der Waals surface area contributed by atoms with Crippen LogP contribution in [0.15, 0.2) is 66.7 Å². The molecule has 2 heterocycles. The van der Waals surface area contributed by atoms with Gasteiger partial charge in [-0.1, -0.05) is 48.5 Å². The van der Waals surface area contributed by atoms with Gasteiger partial charge >= 0.3 is 0 Å². The molecule has 21 heavy (non-hydrogen) atoms. The summed E-state index contributed by atoms with van der Waals surface area (Å²) in [5, 5.41) is 4.85. The Balaban J connectivity index is 2.05. The van der Waals surface area contributed by atoms with E-state index in [-0.39, 0.29) is 0 Å². The van der Waals surface area contributed by atoms with E-state index in [4.69, 9.17) is 4.98 Å². The van der Waals surface area contributed by atoms with E-state index < -0.39 is 0 Å². The number of hydrogen-bond acceptors (Lipinski definition) is 1. The molecule has 2 heteroatoms. The Labute approximate surface area is 121 Å².